The molecule has 0 aliphatic rings. The summed E-state index contributed by atoms with van der Waals surface area (Å²) in [5, 5.41) is 8.97. The summed E-state index contributed by atoms with van der Waals surface area (Å²) in [4.78, 5) is 13.0. The number of carbonyl (C=O) groups excluding carboxylic acids is 1. The van der Waals surface area contributed by atoms with Gasteiger partial charge in [0.05, 0.1) is 36.1 Å². The second kappa shape index (κ2) is 7.83. The van der Waals surface area contributed by atoms with Crippen molar-refractivity contribution in [2.45, 2.75) is 18.7 Å². The van der Waals surface area contributed by atoms with Gasteiger partial charge in [0.15, 0.2) is 5.69 Å². The van der Waals surface area contributed by atoms with Gasteiger partial charge in [-0.3, -0.25) is 4.79 Å². The van der Waals surface area contributed by atoms with Gasteiger partial charge in [0.2, 0.25) is 0 Å². The number of rotatable bonds is 3. The maximum Gasteiger partial charge on any atom is 0.307 e. The highest BCUT2D eigenvalue weighted by Crippen LogP contribution is 2.27. The highest BCUT2D eigenvalue weighted by molar-refractivity contribution is 7.93. The lowest BCUT2D eigenvalue weighted by Gasteiger charge is -2.08. The molecule has 1 aromatic heterocycles. The molecule has 0 radical (unpaired) electrons. The quantitative estimate of drug-likeness (QED) is 0.545. The Morgan fingerprint density at radius 3 is 2.46 bits per heavy atom. The van der Waals surface area contributed by atoms with Gasteiger partial charge in [0.1, 0.15) is 0 Å². The number of hydrogen-bond donors (Lipinski definition) is 0. The van der Waals surface area contributed by atoms with Gasteiger partial charge in [-0.05, 0) is 49.7 Å². The molecule has 0 saturated heterocycles. The summed E-state index contributed by atoms with van der Waals surface area (Å²) >= 11 is 18.3. The van der Waals surface area contributed by atoms with Crippen molar-refractivity contribution in [2.24, 2.45) is 4.36 Å². The van der Waals surface area contributed by atoms with Crippen molar-refractivity contribution >= 4 is 50.4 Å². The number of aromatic nitrogens is 3. The minimum Gasteiger partial charge on any atom is -0.264 e. The zero-order valence-electron chi connectivity index (χ0n) is 15.1. The van der Waals surface area contributed by atoms with Gasteiger partial charge < -0.3 is 0 Å². The molecule has 3 aromatic rings. The molecule has 28 heavy (non-hydrogen) atoms. The second-order valence-corrected chi connectivity index (χ2v) is 9.64. The molecule has 10 heteroatoms. The van der Waals surface area contributed by atoms with Gasteiger partial charge in [-0.1, -0.05) is 46.1 Å². The first-order chi connectivity index (χ1) is 13.1. The van der Waals surface area contributed by atoms with E-state index < -0.39 is 15.6 Å². The van der Waals surface area contributed by atoms with Gasteiger partial charge in [0.25, 0.3) is 0 Å². The van der Waals surface area contributed by atoms with Crippen molar-refractivity contribution < 1.29 is 9.00 Å². The Morgan fingerprint density at radius 2 is 1.79 bits per heavy atom. The van der Waals surface area contributed by atoms with Crippen molar-refractivity contribution in [1.82, 2.24) is 15.0 Å². The number of hydrogen-bond acceptors (Lipinski definition) is 4. The van der Waals surface area contributed by atoms with E-state index in [1.54, 1.807) is 43.3 Å². The topological polar surface area (TPSA) is 77.2 Å². The Labute approximate surface area is 177 Å². The fourth-order valence-corrected chi connectivity index (χ4v) is 4.93. The Balaban J connectivity index is 2.04. The molecule has 0 fully saturated rings. The highest BCUT2D eigenvalue weighted by atomic mass is 35.5. The van der Waals surface area contributed by atoms with Crippen molar-refractivity contribution in [3.05, 3.63) is 68.4 Å². The number of carbonyl (C=O) groups is 1. The van der Waals surface area contributed by atoms with Crippen LogP contribution >= 0.6 is 34.8 Å². The van der Waals surface area contributed by atoms with Crippen LogP contribution < -0.4 is 0 Å². The monoisotopic (exact) mass is 456 g/mol. The van der Waals surface area contributed by atoms with Crippen molar-refractivity contribution in [1.29, 1.82) is 0 Å². The summed E-state index contributed by atoms with van der Waals surface area (Å²) in [6.45, 7) is 3.48. The maximum atomic E-state index is 13.1. The molecule has 6 nitrogen and oxygen atoms in total. The predicted octanol–water partition coefficient (Wildman–Crippen LogP) is 5.14. The first-order valence-electron chi connectivity index (χ1n) is 8.00. The van der Waals surface area contributed by atoms with E-state index in [1.165, 1.54) is 10.9 Å². The predicted molar refractivity (Wildman–Crippen MR) is 111 cm³/mol. The van der Waals surface area contributed by atoms with Crippen LogP contribution in [0.2, 0.25) is 15.1 Å². The highest BCUT2D eigenvalue weighted by Gasteiger charge is 2.21. The van der Waals surface area contributed by atoms with Crippen LogP contribution in [0.1, 0.15) is 21.7 Å². The number of benzene rings is 2. The summed E-state index contributed by atoms with van der Waals surface area (Å²) in [6.07, 6.45) is 1.36. The first kappa shape index (κ1) is 20.8. The number of amides is 1. The largest absolute Gasteiger partial charge is 0.307 e. The third-order valence-electron chi connectivity index (χ3n) is 3.99. The van der Waals surface area contributed by atoms with E-state index in [4.69, 9.17) is 34.8 Å². The molecule has 1 atom stereocenters. The van der Waals surface area contributed by atoms with Crippen LogP contribution in [0, 0.1) is 13.8 Å². The van der Waals surface area contributed by atoms with Gasteiger partial charge in [0, 0.05) is 11.3 Å². The lowest BCUT2D eigenvalue weighted by molar-refractivity contribution is 0.0999. The Kier molecular flexibility index (Phi) is 5.82. The van der Waals surface area contributed by atoms with Crippen LogP contribution in [0.15, 0.2) is 45.7 Å². The molecule has 3 rings (SSSR count). The van der Waals surface area contributed by atoms with Crippen LogP contribution in [0.3, 0.4) is 0 Å². The lowest BCUT2D eigenvalue weighted by Crippen LogP contribution is -2.07. The molecule has 1 heterocycles. The van der Waals surface area contributed by atoms with Gasteiger partial charge in [-0.15, -0.1) is 5.10 Å². The summed E-state index contributed by atoms with van der Waals surface area (Å²) in [6, 6.07) is 9.93. The molecule has 0 saturated carbocycles. The van der Waals surface area contributed by atoms with E-state index in [0.29, 0.717) is 26.3 Å². The number of halogens is 3. The minimum atomic E-state index is -3.07. The smallest absolute Gasteiger partial charge is 0.264 e. The average molecular weight is 458 g/mol. The van der Waals surface area contributed by atoms with Crippen LogP contribution in [0.25, 0.3) is 5.69 Å². The third-order valence-corrected chi connectivity index (χ3v) is 6.63. The average Bonchev–Trinajstić information content (AvgIpc) is 2.98. The molecule has 0 bridgehead atoms. The molecule has 0 aliphatic carbocycles. The Bertz CT molecular complexity index is 1210. The molecule has 2 aromatic carbocycles. The zero-order valence-corrected chi connectivity index (χ0v) is 18.2. The van der Waals surface area contributed by atoms with Crippen LogP contribution in [0.5, 0.6) is 0 Å². The summed E-state index contributed by atoms with van der Waals surface area (Å²) in [5.41, 5.74) is 1.75. The molecule has 1 amide bonds. The van der Waals surface area contributed by atoms with Crippen LogP contribution in [-0.2, 0) is 9.73 Å². The second-order valence-electron chi connectivity index (χ2n) is 6.16. The van der Waals surface area contributed by atoms with E-state index in [2.05, 4.69) is 14.7 Å². The maximum absolute atomic E-state index is 13.1. The fourth-order valence-electron chi connectivity index (χ4n) is 2.56. The third kappa shape index (κ3) is 4.07. The molecule has 0 aliphatic heterocycles. The number of aryl methyl sites for hydroxylation is 1. The molecule has 0 spiro atoms. The first-order valence-corrected chi connectivity index (χ1v) is 11.1. The lowest BCUT2D eigenvalue weighted by atomic mass is 10.2. The fraction of sp³-hybridized carbons (Fsp3) is 0.167. The summed E-state index contributed by atoms with van der Waals surface area (Å²) < 4.78 is 18.4. The SMILES string of the molecule is Cc1ccc(Cl)c(S(C)(=O)=NC(=O)c2nnn(-c3ccc(Cl)cc3Cl)c2C)c1. The summed E-state index contributed by atoms with van der Waals surface area (Å²) in [7, 11) is -3.07. The van der Waals surface area contributed by atoms with E-state index in [9.17, 15) is 9.00 Å². The van der Waals surface area contributed by atoms with Crippen LogP contribution in [-0.4, -0.2) is 31.4 Å². The van der Waals surface area contributed by atoms with Gasteiger partial charge >= 0.3 is 5.91 Å². The molecular formula is C18H15Cl3N4O2S. The Hall–Kier alpha value is -1.93. The number of nitrogens with zero attached hydrogens (tertiary/aromatic N) is 4. The van der Waals surface area contributed by atoms with E-state index in [-0.39, 0.29) is 10.7 Å². The van der Waals surface area contributed by atoms with Crippen molar-refractivity contribution in [3.63, 3.8) is 0 Å². The van der Waals surface area contributed by atoms with Gasteiger partial charge in [-0.2, -0.15) is 4.36 Å². The van der Waals surface area contributed by atoms with Crippen molar-refractivity contribution in [2.75, 3.05) is 6.26 Å². The van der Waals surface area contributed by atoms with Crippen LogP contribution in [0.4, 0.5) is 0 Å². The molecule has 1 unspecified atom stereocenters. The Morgan fingerprint density at radius 1 is 1.07 bits per heavy atom. The molecular weight excluding hydrogens is 443 g/mol. The summed E-state index contributed by atoms with van der Waals surface area (Å²) in [5.74, 6) is -0.751. The van der Waals surface area contributed by atoms with E-state index in [1.807, 2.05) is 6.92 Å². The molecule has 146 valence electrons. The minimum absolute atomic E-state index is 0.0237. The van der Waals surface area contributed by atoms with Gasteiger partial charge in [-0.25, -0.2) is 8.89 Å². The standard InChI is InChI=1S/C18H15Cl3N4O2S/c1-10-4-6-13(20)16(8-10)28(3,27)23-18(26)17-11(2)25(24-22-17)15-7-5-12(19)9-14(15)21/h4-9H,1-3H3. The van der Waals surface area contributed by atoms with E-state index >= 15 is 0 Å². The zero-order chi connectivity index (χ0) is 20.6. The van der Waals surface area contributed by atoms with Crippen molar-refractivity contribution in [3.8, 4) is 5.69 Å². The normalized spacial score (nSPS) is 13.2. The molecule has 0 N–H and O–H groups in total. The van der Waals surface area contributed by atoms with E-state index in [0.717, 1.165) is 5.56 Å².